The Bertz CT molecular complexity index is 381. The second-order valence-electron chi connectivity index (χ2n) is 7.04. The van der Waals surface area contributed by atoms with Gasteiger partial charge < -0.3 is 29.2 Å². The number of nitrogens with zero attached hydrogens (tertiary/aromatic N) is 2. The molecule has 0 radical (unpaired) electrons. The number of rotatable bonds is 11. The summed E-state index contributed by atoms with van der Waals surface area (Å²) in [7, 11) is 3.58. The fourth-order valence-corrected chi connectivity index (χ4v) is 3.36. The summed E-state index contributed by atoms with van der Waals surface area (Å²) in [5, 5.41) is 3.46. The highest BCUT2D eigenvalue weighted by Gasteiger charge is 2.21. The number of methoxy groups -OCH3 is 1. The molecule has 0 aromatic rings. The Morgan fingerprint density at radius 2 is 2.00 bits per heavy atom. The van der Waals surface area contributed by atoms with Crippen LogP contribution in [0, 0.1) is 5.92 Å². The molecule has 1 unspecified atom stereocenters. The van der Waals surface area contributed by atoms with Crippen LogP contribution in [0.25, 0.3) is 0 Å². The lowest BCUT2D eigenvalue weighted by molar-refractivity contribution is 0.00989. The van der Waals surface area contributed by atoms with Gasteiger partial charge in [-0.3, -0.25) is 4.99 Å². The maximum atomic E-state index is 5.92. The first-order chi connectivity index (χ1) is 12.8. The normalized spacial score (nSPS) is 22.2. The third kappa shape index (κ3) is 8.20. The van der Waals surface area contributed by atoms with E-state index in [0.29, 0.717) is 12.0 Å². The lowest BCUT2D eigenvalue weighted by Crippen LogP contribution is -2.47. The second-order valence-corrected chi connectivity index (χ2v) is 7.04. The predicted molar refractivity (Wildman–Crippen MR) is 103 cm³/mol. The van der Waals surface area contributed by atoms with Gasteiger partial charge in [0.2, 0.25) is 0 Å². The molecular weight excluding hydrogens is 334 g/mol. The molecule has 1 N–H and O–H groups in total. The zero-order valence-electron chi connectivity index (χ0n) is 16.6. The maximum Gasteiger partial charge on any atom is 0.193 e. The van der Waals surface area contributed by atoms with Gasteiger partial charge in [0.1, 0.15) is 0 Å². The Morgan fingerprint density at radius 3 is 2.69 bits per heavy atom. The standard InChI is InChI=1S/C19H37N3O4/c1-20-19(21-8-3-12-24-15-17-7-14-25-16-17)22-9-5-18(6-10-22)26-13-4-11-23-2/h17-18H,3-16H2,1-2H3,(H,20,21). The largest absolute Gasteiger partial charge is 0.385 e. The van der Waals surface area contributed by atoms with E-state index < -0.39 is 0 Å². The number of hydrogen-bond donors (Lipinski definition) is 1. The minimum absolute atomic E-state index is 0.370. The molecular formula is C19H37N3O4. The average molecular weight is 372 g/mol. The van der Waals surface area contributed by atoms with Gasteiger partial charge in [-0.2, -0.15) is 0 Å². The van der Waals surface area contributed by atoms with Crippen LogP contribution >= 0.6 is 0 Å². The minimum atomic E-state index is 0.370. The van der Waals surface area contributed by atoms with Crippen LogP contribution in [0.1, 0.15) is 32.1 Å². The van der Waals surface area contributed by atoms with Crippen molar-refractivity contribution in [1.29, 1.82) is 0 Å². The Kier molecular flexibility index (Phi) is 11.0. The van der Waals surface area contributed by atoms with E-state index in [0.717, 1.165) is 97.3 Å². The van der Waals surface area contributed by atoms with Gasteiger partial charge in [-0.15, -0.1) is 0 Å². The number of ether oxygens (including phenoxy) is 4. The molecule has 2 aliphatic rings. The number of nitrogens with one attached hydrogen (secondary N) is 1. The second kappa shape index (κ2) is 13.3. The summed E-state index contributed by atoms with van der Waals surface area (Å²) >= 11 is 0. The molecule has 7 heteroatoms. The molecule has 0 amide bonds. The van der Waals surface area contributed by atoms with E-state index in [9.17, 15) is 0 Å². The van der Waals surface area contributed by atoms with E-state index in [1.165, 1.54) is 0 Å². The number of guanidine groups is 1. The molecule has 7 nitrogen and oxygen atoms in total. The van der Waals surface area contributed by atoms with Crippen molar-refractivity contribution in [3.63, 3.8) is 0 Å². The average Bonchev–Trinajstić information content (AvgIpc) is 3.19. The monoisotopic (exact) mass is 371 g/mol. The van der Waals surface area contributed by atoms with Gasteiger partial charge in [-0.05, 0) is 32.1 Å². The molecule has 2 rings (SSSR count). The van der Waals surface area contributed by atoms with Crippen LogP contribution in [0.15, 0.2) is 4.99 Å². The maximum absolute atomic E-state index is 5.92. The van der Waals surface area contributed by atoms with Crippen LogP contribution in [0.4, 0.5) is 0 Å². The van der Waals surface area contributed by atoms with Crippen molar-refractivity contribution in [2.24, 2.45) is 10.9 Å². The number of piperidine rings is 1. The van der Waals surface area contributed by atoms with E-state index in [2.05, 4.69) is 15.2 Å². The van der Waals surface area contributed by atoms with Crippen molar-refractivity contribution in [3.05, 3.63) is 0 Å². The smallest absolute Gasteiger partial charge is 0.193 e. The number of hydrogen-bond acceptors (Lipinski definition) is 5. The van der Waals surface area contributed by atoms with E-state index in [4.69, 9.17) is 18.9 Å². The molecule has 2 fully saturated rings. The van der Waals surface area contributed by atoms with Crippen LogP contribution in [0.5, 0.6) is 0 Å². The van der Waals surface area contributed by atoms with Crippen molar-refractivity contribution < 1.29 is 18.9 Å². The molecule has 0 aliphatic carbocycles. The molecule has 2 aliphatic heterocycles. The molecule has 2 saturated heterocycles. The van der Waals surface area contributed by atoms with Crippen molar-refractivity contribution in [3.8, 4) is 0 Å². The summed E-state index contributed by atoms with van der Waals surface area (Å²) in [4.78, 5) is 6.75. The van der Waals surface area contributed by atoms with Gasteiger partial charge in [-0.1, -0.05) is 0 Å². The van der Waals surface area contributed by atoms with E-state index in [1.807, 2.05) is 7.05 Å². The predicted octanol–water partition coefficient (Wildman–Crippen LogP) is 1.52. The van der Waals surface area contributed by atoms with Crippen LogP contribution in [0.3, 0.4) is 0 Å². The van der Waals surface area contributed by atoms with Crippen molar-refractivity contribution in [2.75, 3.05) is 73.4 Å². The lowest BCUT2D eigenvalue weighted by Gasteiger charge is -2.34. The van der Waals surface area contributed by atoms with Crippen molar-refractivity contribution in [1.82, 2.24) is 10.2 Å². The summed E-state index contributed by atoms with van der Waals surface area (Å²) in [5.74, 6) is 1.58. The lowest BCUT2D eigenvalue weighted by atomic mass is 10.1. The van der Waals surface area contributed by atoms with Gasteiger partial charge in [0.25, 0.3) is 0 Å². The van der Waals surface area contributed by atoms with Gasteiger partial charge in [0.15, 0.2) is 5.96 Å². The van der Waals surface area contributed by atoms with Gasteiger partial charge in [-0.25, -0.2) is 0 Å². The fourth-order valence-electron chi connectivity index (χ4n) is 3.36. The third-order valence-corrected chi connectivity index (χ3v) is 4.93. The topological polar surface area (TPSA) is 64.6 Å². The molecule has 26 heavy (non-hydrogen) atoms. The quantitative estimate of drug-likeness (QED) is 0.338. The van der Waals surface area contributed by atoms with Crippen LogP contribution in [-0.4, -0.2) is 90.4 Å². The van der Waals surface area contributed by atoms with Gasteiger partial charge in [0.05, 0.1) is 19.3 Å². The third-order valence-electron chi connectivity index (χ3n) is 4.93. The summed E-state index contributed by atoms with van der Waals surface area (Å²) in [6.45, 7) is 7.80. The first kappa shape index (κ1) is 21.4. The molecule has 2 heterocycles. The van der Waals surface area contributed by atoms with Crippen molar-refractivity contribution in [2.45, 2.75) is 38.2 Å². The summed E-state index contributed by atoms with van der Waals surface area (Å²) < 4.78 is 22.1. The first-order valence-corrected chi connectivity index (χ1v) is 10.0. The Morgan fingerprint density at radius 1 is 1.15 bits per heavy atom. The summed E-state index contributed by atoms with van der Waals surface area (Å²) in [6, 6.07) is 0. The van der Waals surface area contributed by atoms with Crippen LogP contribution in [-0.2, 0) is 18.9 Å². The molecule has 0 aromatic carbocycles. The molecule has 0 saturated carbocycles. The highest BCUT2D eigenvalue weighted by Crippen LogP contribution is 2.14. The summed E-state index contributed by atoms with van der Waals surface area (Å²) in [5.41, 5.74) is 0. The van der Waals surface area contributed by atoms with Gasteiger partial charge >= 0.3 is 0 Å². The Labute approximate surface area is 158 Å². The van der Waals surface area contributed by atoms with Crippen LogP contribution in [0.2, 0.25) is 0 Å². The SMILES string of the molecule is CN=C(NCCCOCC1CCOC1)N1CCC(OCCCOC)CC1. The van der Waals surface area contributed by atoms with Gasteiger partial charge in [0, 0.05) is 66.1 Å². The summed E-state index contributed by atoms with van der Waals surface area (Å²) in [6.07, 6.45) is 5.58. The molecule has 0 spiro atoms. The molecule has 0 bridgehead atoms. The fraction of sp³-hybridized carbons (Fsp3) is 0.947. The van der Waals surface area contributed by atoms with Crippen LogP contribution < -0.4 is 5.32 Å². The highest BCUT2D eigenvalue weighted by atomic mass is 16.5. The highest BCUT2D eigenvalue weighted by molar-refractivity contribution is 5.79. The molecule has 0 aromatic heterocycles. The van der Waals surface area contributed by atoms with E-state index in [-0.39, 0.29) is 0 Å². The van der Waals surface area contributed by atoms with E-state index in [1.54, 1.807) is 7.11 Å². The first-order valence-electron chi connectivity index (χ1n) is 10.0. The zero-order valence-corrected chi connectivity index (χ0v) is 16.6. The molecule has 152 valence electrons. The molecule has 1 atom stereocenters. The number of likely N-dealkylation sites (tertiary alicyclic amines) is 1. The Hall–Kier alpha value is -0.890. The zero-order chi connectivity index (χ0) is 18.5. The minimum Gasteiger partial charge on any atom is -0.385 e. The Balaban J connectivity index is 1.50. The van der Waals surface area contributed by atoms with E-state index >= 15 is 0 Å². The van der Waals surface area contributed by atoms with Crippen molar-refractivity contribution >= 4 is 5.96 Å². The number of aliphatic imine (C=N–C) groups is 1.